The molecule has 1 aliphatic carbocycles. The number of alkyl halides is 3. The molecule has 0 spiro atoms. The van der Waals surface area contributed by atoms with Gasteiger partial charge in [0.25, 0.3) is 11.8 Å². The zero-order valence-corrected chi connectivity index (χ0v) is 36.3. The van der Waals surface area contributed by atoms with Crippen LogP contribution in [0, 0.1) is 30.3 Å². The molecule has 3 aliphatic rings. The summed E-state index contributed by atoms with van der Waals surface area (Å²) in [6.07, 6.45) is 1.21. The van der Waals surface area contributed by atoms with Crippen LogP contribution in [0.15, 0.2) is 61.1 Å². The fourth-order valence-corrected chi connectivity index (χ4v) is 8.41. The first kappa shape index (κ1) is 47.2. The highest BCUT2D eigenvalue weighted by atomic mass is 19.4. The van der Waals surface area contributed by atoms with Crippen LogP contribution in [-0.4, -0.2) is 128 Å². The lowest BCUT2D eigenvalue weighted by Crippen LogP contribution is -2.50. The number of aromatic nitrogens is 4. The molecule has 2 saturated heterocycles. The predicted octanol–water partition coefficient (Wildman–Crippen LogP) is 6.10. The van der Waals surface area contributed by atoms with Crippen LogP contribution in [-0.2, 0) is 14.4 Å². The zero-order chi connectivity index (χ0) is 48.4. The van der Waals surface area contributed by atoms with Crippen LogP contribution >= 0.6 is 0 Å². The van der Waals surface area contributed by atoms with E-state index < -0.39 is 65.3 Å². The maximum absolute atomic E-state index is 14.5. The van der Waals surface area contributed by atoms with Crippen LogP contribution in [0.2, 0.25) is 0 Å². The van der Waals surface area contributed by atoms with Gasteiger partial charge in [-0.15, -0.1) is 0 Å². The summed E-state index contributed by atoms with van der Waals surface area (Å²) in [5, 5.41) is 17.1. The zero-order valence-electron chi connectivity index (χ0n) is 36.3. The predicted molar refractivity (Wildman–Crippen MR) is 227 cm³/mol. The van der Waals surface area contributed by atoms with Crippen molar-refractivity contribution in [1.29, 1.82) is 0 Å². The molecule has 4 heterocycles. The molecule has 1 saturated carbocycles. The van der Waals surface area contributed by atoms with Gasteiger partial charge >= 0.3 is 24.2 Å². The second-order valence-electron chi connectivity index (χ2n) is 16.7. The number of carbonyl (C=O) groups excluding carboxylic acids is 5. The van der Waals surface area contributed by atoms with Crippen LogP contribution < -0.4 is 15.0 Å². The van der Waals surface area contributed by atoms with E-state index in [1.807, 2.05) is 31.3 Å². The number of piperazine rings is 1. The van der Waals surface area contributed by atoms with Crippen molar-refractivity contribution in [1.82, 2.24) is 39.9 Å². The van der Waals surface area contributed by atoms with Gasteiger partial charge in [0.05, 0.1) is 23.7 Å². The molecule has 0 unspecified atom stereocenters. The minimum Gasteiger partial charge on any atom is -0.503 e. The SMILES string of the molecule is Cc1ccc(C(=O)N2CCN(CCOc3ncc(-c4ccc5cn(C6CCC(CN(OC(=O)C(F)(F)F)C(=O)c7cc(F)c(O)c(F)c7F)CC6)nc5c4)cn3)CC2)cc1N1CCC(=O)NC1=O. The van der Waals surface area contributed by atoms with Gasteiger partial charge in [-0.2, -0.15) is 27.7 Å². The van der Waals surface area contributed by atoms with E-state index in [0.717, 1.165) is 16.5 Å². The number of benzene rings is 3. The molecule has 5 amide bonds. The number of fused-ring (bicyclic) bond motifs is 1. The quantitative estimate of drug-likeness (QED) is 0.0880. The number of amides is 5. The van der Waals surface area contributed by atoms with E-state index in [9.17, 15) is 55.4 Å². The van der Waals surface area contributed by atoms with Gasteiger partial charge in [0.15, 0.2) is 17.4 Å². The number of anilines is 1. The van der Waals surface area contributed by atoms with Crippen LogP contribution in [0.25, 0.3) is 22.0 Å². The van der Waals surface area contributed by atoms with Crippen molar-refractivity contribution in [2.24, 2.45) is 5.92 Å². The second-order valence-corrected chi connectivity index (χ2v) is 16.7. The average Bonchev–Trinajstić information content (AvgIpc) is 3.76. The number of ether oxygens (including phenoxy) is 1. The number of halogens is 6. The average molecular weight is 952 g/mol. The van der Waals surface area contributed by atoms with Gasteiger partial charge in [-0.05, 0) is 73.9 Å². The number of nitrogens with zero attached hydrogens (tertiary/aromatic N) is 8. The third kappa shape index (κ3) is 10.3. The van der Waals surface area contributed by atoms with Gasteiger partial charge in [-0.1, -0.05) is 18.2 Å². The highest BCUT2D eigenvalue weighted by Gasteiger charge is 2.44. The largest absolute Gasteiger partial charge is 0.503 e. The summed E-state index contributed by atoms with van der Waals surface area (Å²) in [7, 11) is 0. The normalized spacial score (nSPS) is 18.1. The van der Waals surface area contributed by atoms with E-state index in [4.69, 9.17) is 9.84 Å². The molecule has 0 bridgehead atoms. The molecule has 17 nitrogen and oxygen atoms in total. The summed E-state index contributed by atoms with van der Waals surface area (Å²) in [5.41, 5.74) is 2.62. The Hall–Kier alpha value is -7.30. The summed E-state index contributed by atoms with van der Waals surface area (Å²) in [5.74, 6) is -13.2. The Kier molecular flexibility index (Phi) is 13.5. The van der Waals surface area contributed by atoms with Crippen molar-refractivity contribution in [2.75, 3.05) is 57.3 Å². The number of hydrogen-bond acceptors (Lipinski definition) is 12. The van der Waals surface area contributed by atoms with Crippen LogP contribution in [0.1, 0.15) is 64.4 Å². The third-order valence-electron chi connectivity index (χ3n) is 12.2. The maximum atomic E-state index is 14.5. The summed E-state index contributed by atoms with van der Waals surface area (Å²) in [6.45, 7) is 4.57. The Morgan fingerprint density at radius 3 is 2.31 bits per heavy atom. The summed E-state index contributed by atoms with van der Waals surface area (Å²) in [6, 6.07) is 10.5. The van der Waals surface area contributed by atoms with Gasteiger partial charge in [0.1, 0.15) is 6.61 Å². The molecular formula is C45H43F6N9O8. The number of hydrogen-bond donors (Lipinski definition) is 2. The molecule has 0 atom stereocenters. The number of carbonyl (C=O) groups is 5. The molecule has 0 radical (unpaired) electrons. The number of rotatable bonds is 11. The van der Waals surface area contributed by atoms with Crippen molar-refractivity contribution in [3.8, 4) is 22.9 Å². The number of phenols is 1. The molecule has 3 aromatic carbocycles. The molecule has 5 aromatic rings. The van der Waals surface area contributed by atoms with E-state index in [1.54, 1.807) is 40.2 Å². The summed E-state index contributed by atoms with van der Waals surface area (Å²) >= 11 is 0. The van der Waals surface area contributed by atoms with Gasteiger partial charge in [0.2, 0.25) is 11.7 Å². The summed E-state index contributed by atoms with van der Waals surface area (Å²) in [4.78, 5) is 80.6. The minimum absolute atomic E-state index is 0.0620. The molecule has 68 heavy (non-hydrogen) atoms. The van der Waals surface area contributed by atoms with Crippen molar-refractivity contribution < 1.29 is 65.0 Å². The van der Waals surface area contributed by atoms with Gasteiger partial charge in [-0.3, -0.25) is 34.2 Å². The lowest BCUT2D eigenvalue weighted by molar-refractivity contribution is -0.230. The maximum Gasteiger partial charge on any atom is 0.493 e. The molecule has 3 fully saturated rings. The smallest absolute Gasteiger partial charge is 0.493 e. The second kappa shape index (κ2) is 19.5. The highest BCUT2D eigenvalue weighted by molar-refractivity contribution is 6.06. The standard InChI is InChI=1S/C45H43F6N9O8/c1-25-2-5-28(19-35(25)58-11-10-36(61)54-44(58)66)40(63)57-14-12-56(13-15-57)16-17-67-43-52-21-30(22-53-43)27-6-7-29-24-59(55-34(29)18-27)31-8-3-26(4-9-31)23-60(68-42(65)45(49,50)51)41(64)32-20-33(46)39(62)38(48)37(32)47/h2,5-7,18-22,24,26,31,62H,3-4,8-17,23H2,1H3,(H,54,61,66). The molecule has 358 valence electrons. The highest BCUT2D eigenvalue weighted by Crippen LogP contribution is 2.35. The Bertz CT molecular complexity index is 2760. The molecule has 23 heteroatoms. The van der Waals surface area contributed by atoms with E-state index in [-0.39, 0.29) is 48.0 Å². The first-order valence-corrected chi connectivity index (χ1v) is 21.6. The third-order valence-corrected chi connectivity index (χ3v) is 12.2. The van der Waals surface area contributed by atoms with E-state index in [0.29, 0.717) is 87.3 Å². The van der Waals surface area contributed by atoms with Crippen LogP contribution in [0.5, 0.6) is 11.8 Å². The Morgan fingerprint density at radius 1 is 0.897 bits per heavy atom. The lowest BCUT2D eigenvalue weighted by Gasteiger charge is -2.35. The number of nitrogens with one attached hydrogen (secondary N) is 1. The molecule has 2 aliphatic heterocycles. The molecule has 2 N–H and O–H groups in total. The van der Waals surface area contributed by atoms with E-state index in [2.05, 4.69) is 25.0 Å². The monoisotopic (exact) mass is 951 g/mol. The number of hydroxylamine groups is 2. The first-order valence-electron chi connectivity index (χ1n) is 21.6. The van der Waals surface area contributed by atoms with Crippen molar-refractivity contribution in [3.63, 3.8) is 0 Å². The molecule has 8 rings (SSSR count). The van der Waals surface area contributed by atoms with Gasteiger partial charge < -0.3 is 19.6 Å². The topological polar surface area (TPSA) is 193 Å². The van der Waals surface area contributed by atoms with Crippen molar-refractivity contribution >= 4 is 46.3 Å². The Labute approximate surface area is 383 Å². The number of aromatic hydroxyl groups is 1. The van der Waals surface area contributed by atoms with Crippen molar-refractivity contribution in [3.05, 3.63) is 95.2 Å². The van der Waals surface area contributed by atoms with E-state index >= 15 is 0 Å². The molecular weight excluding hydrogens is 909 g/mol. The lowest BCUT2D eigenvalue weighted by atomic mass is 9.86. The number of urea groups is 1. The Morgan fingerprint density at radius 2 is 1.62 bits per heavy atom. The minimum atomic E-state index is -5.54. The van der Waals surface area contributed by atoms with Gasteiger partial charge in [0, 0.05) is 86.5 Å². The van der Waals surface area contributed by atoms with Crippen LogP contribution in [0.4, 0.5) is 36.8 Å². The number of imide groups is 1. The number of phenolic OH excluding ortho intramolecular Hbond substituents is 1. The molecule has 2 aromatic heterocycles. The van der Waals surface area contributed by atoms with Gasteiger partial charge in [-0.25, -0.2) is 28.3 Å². The number of aryl methyl sites for hydroxylation is 1. The van der Waals surface area contributed by atoms with Crippen LogP contribution in [0.3, 0.4) is 0 Å². The summed E-state index contributed by atoms with van der Waals surface area (Å²) < 4.78 is 89.5. The van der Waals surface area contributed by atoms with E-state index in [1.165, 1.54) is 4.90 Å². The fraction of sp³-hybridized carbons (Fsp3) is 0.378. The first-order chi connectivity index (χ1) is 32.4. The van der Waals surface area contributed by atoms with Crippen molar-refractivity contribution in [2.45, 2.75) is 51.2 Å². The fourth-order valence-electron chi connectivity index (χ4n) is 8.41. The Balaban J connectivity index is 0.811.